The van der Waals surface area contributed by atoms with Gasteiger partial charge < -0.3 is 10.1 Å². The minimum absolute atomic E-state index is 0.0402. The summed E-state index contributed by atoms with van der Waals surface area (Å²) in [6, 6.07) is 2.17. The summed E-state index contributed by atoms with van der Waals surface area (Å²) in [4.78, 5) is 11.7. The zero-order chi connectivity index (χ0) is 15.5. The molecule has 0 heterocycles. The molecule has 20 heavy (non-hydrogen) atoms. The number of carbonyl (C=O) groups is 1. The smallest absolute Gasteiger partial charge is 0.252 e. The summed E-state index contributed by atoms with van der Waals surface area (Å²) in [6.07, 6.45) is -0.199. The van der Waals surface area contributed by atoms with Gasteiger partial charge in [-0.05, 0) is 19.1 Å². The number of carbonyl (C=O) groups excluding carboxylic acids is 1. The number of halogens is 2. The Morgan fingerprint density at radius 2 is 2.05 bits per heavy atom. The average molecular weight is 341 g/mol. The first-order chi connectivity index (χ1) is 9.16. The van der Waals surface area contributed by atoms with Crippen molar-refractivity contribution in [1.82, 2.24) is 5.32 Å². The molecule has 1 atom stereocenters. The lowest BCUT2D eigenvalue weighted by Crippen LogP contribution is -2.32. The second kappa shape index (κ2) is 6.73. The third-order valence-electron chi connectivity index (χ3n) is 2.53. The molecular formula is C11H14Cl2N2O4S. The third kappa shape index (κ3) is 4.32. The molecule has 1 rings (SSSR count). The van der Waals surface area contributed by atoms with Gasteiger partial charge in [0.1, 0.15) is 0 Å². The number of hydrogen-bond donors (Lipinski definition) is 2. The Morgan fingerprint density at radius 1 is 1.45 bits per heavy atom. The lowest BCUT2D eigenvalue weighted by Gasteiger charge is -2.12. The van der Waals surface area contributed by atoms with E-state index in [2.05, 4.69) is 5.32 Å². The molecule has 0 radical (unpaired) electrons. The van der Waals surface area contributed by atoms with E-state index in [4.69, 9.17) is 33.1 Å². The van der Waals surface area contributed by atoms with Crippen LogP contribution >= 0.6 is 23.2 Å². The molecule has 112 valence electrons. The van der Waals surface area contributed by atoms with Crippen LogP contribution in [0.5, 0.6) is 0 Å². The van der Waals surface area contributed by atoms with Crippen molar-refractivity contribution >= 4 is 39.1 Å². The Labute approximate surface area is 127 Å². The summed E-state index contributed by atoms with van der Waals surface area (Å²) < 4.78 is 27.6. The maximum Gasteiger partial charge on any atom is 0.252 e. The van der Waals surface area contributed by atoms with E-state index < -0.39 is 15.9 Å². The van der Waals surface area contributed by atoms with Crippen molar-refractivity contribution in [1.29, 1.82) is 0 Å². The van der Waals surface area contributed by atoms with Gasteiger partial charge in [0.25, 0.3) is 5.91 Å². The first-order valence-corrected chi connectivity index (χ1v) is 7.80. The average Bonchev–Trinajstić information content (AvgIpc) is 2.37. The predicted molar refractivity (Wildman–Crippen MR) is 76.6 cm³/mol. The molecule has 0 aliphatic heterocycles. The van der Waals surface area contributed by atoms with E-state index >= 15 is 0 Å². The molecule has 0 saturated carbocycles. The van der Waals surface area contributed by atoms with Gasteiger partial charge in [-0.2, -0.15) is 0 Å². The minimum atomic E-state index is -3.98. The van der Waals surface area contributed by atoms with E-state index in [0.29, 0.717) is 0 Å². The Balaban J connectivity index is 3.11. The first-order valence-electron chi connectivity index (χ1n) is 5.49. The van der Waals surface area contributed by atoms with Crippen molar-refractivity contribution in [3.8, 4) is 0 Å². The van der Waals surface area contributed by atoms with Crippen LogP contribution in [-0.2, 0) is 14.8 Å². The van der Waals surface area contributed by atoms with Gasteiger partial charge in [0.2, 0.25) is 10.0 Å². The lowest BCUT2D eigenvalue weighted by molar-refractivity contribution is 0.0870. The number of ether oxygens (including phenoxy) is 1. The van der Waals surface area contributed by atoms with Crippen LogP contribution in [-0.4, -0.2) is 34.1 Å². The zero-order valence-electron chi connectivity index (χ0n) is 10.8. The standard InChI is InChI=1S/C11H14Cl2N2O4S/c1-6(19-2)5-15-11(16)8-3-7(20(14,17)18)4-9(12)10(8)13/h3-4,6H,5H2,1-2H3,(H,15,16)(H2,14,17,18). The van der Waals surface area contributed by atoms with Crippen molar-refractivity contribution < 1.29 is 17.9 Å². The fourth-order valence-corrected chi connectivity index (χ4v) is 2.35. The van der Waals surface area contributed by atoms with Gasteiger partial charge in [0.05, 0.1) is 26.6 Å². The zero-order valence-corrected chi connectivity index (χ0v) is 13.1. The second-order valence-corrected chi connectivity index (χ2v) is 6.41. The molecule has 0 aromatic heterocycles. The molecular weight excluding hydrogens is 327 g/mol. The van der Waals surface area contributed by atoms with Crippen molar-refractivity contribution in [2.45, 2.75) is 17.9 Å². The molecule has 0 spiro atoms. The van der Waals surface area contributed by atoms with E-state index in [1.807, 2.05) is 0 Å². The number of nitrogens with one attached hydrogen (secondary N) is 1. The minimum Gasteiger partial charge on any atom is -0.380 e. The maximum atomic E-state index is 12.0. The molecule has 6 nitrogen and oxygen atoms in total. The van der Waals surface area contributed by atoms with Crippen LogP contribution in [0.2, 0.25) is 10.0 Å². The summed E-state index contributed by atoms with van der Waals surface area (Å²) in [7, 11) is -2.48. The maximum absolute atomic E-state index is 12.0. The Bertz CT molecular complexity index is 619. The topological polar surface area (TPSA) is 98.5 Å². The SMILES string of the molecule is COC(C)CNC(=O)c1cc(S(N)(=O)=O)cc(Cl)c1Cl. The largest absolute Gasteiger partial charge is 0.380 e. The van der Waals surface area contributed by atoms with Gasteiger partial charge in [-0.15, -0.1) is 0 Å². The fourth-order valence-electron chi connectivity index (χ4n) is 1.31. The predicted octanol–water partition coefficient (Wildman–Crippen LogP) is 1.41. The summed E-state index contributed by atoms with van der Waals surface area (Å²) in [6.45, 7) is 2.00. The van der Waals surface area contributed by atoms with Crippen LogP contribution < -0.4 is 10.5 Å². The number of hydrogen-bond acceptors (Lipinski definition) is 4. The molecule has 1 aromatic rings. The molecule has 0 aliphatic carbocycles. The molecule has 3 N–H and O–H groups in total. The number of methoxy groups -OCH3 is 1. The molecule has 1 amide bonds. The van der Waals surface area contributed by atoms with Crippen LogP contribution in [0.3, 0.4) is 0 Å². The highest BCUT2D eigenvalue weighted by Crippen LogP contribution is 2.29. The van der Waals surface area contributed by atoms with Crippen molar-refractivity contribution in [3.63, 3.8) is 0 Å². The Morgan fingerprint density at radius 3 is 2.55 bits per heavy atom. The van der Waals surface area contributed by atoms with Gasteiger partial charge in [0.15, 0.2) is 0 Å². The van der Waals surface area contributed by atoms with Crippen LogP contribution in [0.25, 0.3) is 0 Å². The number of nitrogens with two attached hydrogens (primary N) is 1. The summed E-state index contributed by atoms with van der Waals surface area (Å²) in [5.74, 6) is -0.564. The van der Waals surface area contributed by atoms with E-state index in [1.165, 1.54) is 7.11 Å². The summed E-state index contributed by atoms with van der Waals surface area (Å²) in [5.41, 5.74) is -0.0634. The quantitative estimate of drug-likeness (QED) is 0.846. The van der Waals surface area contributed by atoms with E-state index in [0.717, 1.165) is 12.1 Å². The molecule has 9 heteroatoms. The normalized spacial score (nSPS) is 13.1. The van der Waals surface area contributed by atoms with Gasteiger partial charge >= 0.3 is 0 Å². The third-order valence-corrected chi connectivity index (χ3v) is 4.22. The first kappa shape index (κ1) is 17.2. The molecule has 0 aliphatic rings. The summed E-state index contributed by atoms with van der Waals surface area (Å²) in [5, 5.41) is 7.45. The number of benzene rings is 1. The van der Waals surface area contributed by atoms with Crippen molar-refractivity contribution in [3.05, 3.63) is 27.7 Å². The van der Waals surface area contributed by atoms with Crippen LogP contribution in [0.15, 0.2) is 17.0 Å². The molecule has 0 bridgehead atoms. The lowest BCUT2D eigenvalue weighted by atomic mass is 10.2. The van der Waals surface area contributed by atoms with Crippen molar-refractivity contribution in [2.75, 3.05) is 13.7 Å². The Kier molecular flexibility index (Phi) is 5.79. The highest BCUT2D eigenvalue weighted by molar-refractivity contribution is 7.89. The van der Waals surface area contributed by atoms with Crippen LogP contribution in [0.4, 0.5) is 0 Å². The van der Waals surface area contributed by atoms with Crippen LogP contribution in [0, 0.1) is 0 Å². The van der Waals surface area contributed by atoms with Crippen molar-refractivity contribution in [2.24, 2.45) is 5.14 Å². The van der Waals surface area contributed by atoms with E-state index in [9.17, 15) is 13.2 Å². The highest BCUT2D eigenvalue weighted by Gasteiger charge is 2.19. The van der Waals surface area contributed by atoms with Gasteiger partial charge in [-0.25, -0.2) is 13.6 Å². The highest BCUT2D eigenvalue weighted by atomic mass is 35.5. The van der Waals surface area contributed by atoms with Crippen LogP contribution in [0.1, 0.15) is 17.3 Å². The van der Waals surface area contributed by atoms with Gasteiger partial charge in [-0.3, -0.25) is 4.79 Å². The number of sulfonamides is 1. The molecule has 1 aromatic carbocycles. The number of primary sulfonamides is 1. The number of rotatable bonds is 5. The monoisotopic (exact) mass is 340 g/mol. The van der Waals surface area contributed by atoms with E-state index in [1.54, 1.807) is 6.92 Å². The van der Waals surface area contributed by atoms with Gasteiger partial charge in [0, 0.05) is 13.7 Å². The summed E-state index contributed by atoms with van der Waals surface area (Å²) >= 11 is 11.7. The molecule has 1 unspecified atom stereocenters. The second-order valence-electron chi connectivity index (χ2n) is 4.07. The molecule has 0 fully saturated rings. The fraction of sp³-hybridized carbons (Fsp3) is 0.364. The van der Waals surface area contributed by atoms with Gasteiger partial charge in [-0.1, -0.05) is 23.2 Å². The Hall–Kier alpha value is -0.860. The number of amides is 1. The van der Waals surface area contributed by atoms with E-state index in [-0.39, 0.29) is 33.2 Å². The molecule has 0 saturated heterocycles.